The van der Waals surface area contributed by atoms with Gasteiger partial charge in [0, 0.05) is 0 Å². The molecule has 0 spiro atoms. The Balaban J connectivity index is 0.000000385. The molecule has 0 bridgehead atoms. The molecule has 16 heavy (non-hydrogen) atoms. The highest BCUT2D eigenvalue weighted by atomic mass is 32.3. The van der Waals surface area contributed by atoms with Crippen molar-refractivity contribution in [3.63, 3.8) is 0 Å². The third-order valence-electron chi connectivity index (χ3n) is 1.71. The average molecular weight is 250 g/mol. The van der Waals surface area contributed by atoms with Crippen LogP contribution in [0.4, 0.5) is 0 Å². The normalized spacial score (nSPS) is 10.8. The van der Waals surface area contributed by atoms with Gasteiger partial charge in [-0.15, -0.1) is 0 Å². The van der Waals surface area contributed by atoms with Gasteiger partial charge in [0.05, 0.1) is 13.1 Å². The summed E-state index contributed by atoms with van der Waals surface area (Å²) in [7, 11) is -4.92. The summed E-state index contributed by atoms with van der Waals surface area (Å²) < 4.78 is 37.3. The zero-order valence-corrected chi connectivity index (χ0v) is 10.4. The van der Waals surface area contributed by atoms with Gasteiger partial charge in [0.25, 0.3) is 0 Å². The van der Waals surface area contributed by atoms with Crippen LogP contribution in [0.5, 0.6) is 0 Å². The van der Waals surface area contributed by atoms with Crippen LogP contribution in [0.1, 0.15) is 26.7 Å². The predicted molar refractivity (Wildman–Crippen MR) is 57.5 cm³/mol. The van der Waals surface area contributed by atoms with E-state index in [1.807, 2.05) is 0 Å². The molecule has 0 radical (unpaired) electrons. The summed E-state index contributed by atoms with van der Waals surface area (Å²) in [6, 6.07) is 0. The average Bonchev–Trinajstić information content (AvgIpc) is 2.51. The summed E-state index contributed by atoms with van der Waals surface area (Å²) in [4.78, 5) is 0. The van der Waals surface area contributed by atoms with Crippen molar-refractivity contribution in [3.05, 3.63) is 18.7 Å². The van der Waals surface area contributed by atoms with Crippen LogP contribution >= 0.6 is 0 Å². The van der Waals surface area contributed by atoms with E-state index in [1.54, 1.807) is 0 Å². The number of imidazole rings is 1. The molecule has 0 aromatic carbocycles. The molecule has 1 aromatic rings. The standard InChI is InChI=1S/C9H17N2.H2O4S/c1-3-5-10-7-8-11(9-10)6-4-2;1-5(2,3)4/h7-9H,3-6H2,1-2H3;(H2,1,2,3,4)/q+1;/p-1. The molecule has 0 saturated heterocycles. The van der Waals surface area contributed by atoms with Gasteiger partial charge in [-0.25, -0.2) is 17.6 Å². The first kappa shape index (κ1) is 15.1. The minimum atomic E-state index is -4.92. The van der Waals surface area contributed by atoms with Crippen LogP contribution in [0.3, 0.4) is 0 Å². The van der Waals surface area contributed by atoms with Crippen molar-refractivity contribution in [2.75, 3.05) is 0 Å². The molecule has 0 atom stereocenters. The third-order valence-corrected chi connectivity index (χ3v) is 1.71. The predicted octanol–water partition coefficient (Wildman–Crippen LogP) is 0.600. The molecule has 1 N–H and O–H groups in total. The summed E-state index contributed by atoms with van der Waals surface area (Å²) >= 11 is 0. The van der Waals surface area contributed by atoms with Gasteiger partial charge >= 0.3 is 0 Å². The van der Waals surface area contributed by atoms with Crippen LogP contribution in [0.25, 0.3) is 0 Å². The molecule has 0 aliphatic heterocycles. The lowest BCUT2D eigenvalue weighted by Gasteiger charge is -1.90. The van der Waals surface area contributed by atoms with E-state index in [9.17, 15) is 0 Å². The minimum absolute atomic E-state index is 1.14. The van der Waals surface area contributed by atoms with Gasteiger partial charge in [0.15, 0.2) is 0 Å². The smallest absolute Gasteiger partial charge is 0.243 e. The molecule has 6 nitrogen and oxygen atoms in total. The van der Waals surface area contributed by atoms with Gasteiger partial charge < -0.3 is 4.55 Å². The Bertz CT molecular complexity index is 357. The molecule has 0 saturated carbocycles. The molecular weight excluding hydrogens is 232 g/mol. The second-order valence-electron chi connectivity index (χ2n) is 3.32. The topological polar surface area (TPSA) is 86.2 Å². The summed E-state index contributed by atoms with van der Waals surface area (Å²) in [5.41, 5.74) is 0. The Kier molecular flexibility index (Phi) is 6.95. The lowest BCUT2D eigenvalue weighted by molar-refractivity contribution is -0.696. The number of hydrogen-bond acceptors (Lipinski definition) is 3. The molecule has 0 amide bonds. The highest BCUT2D eigenvalue weighted by Gasteiger charge is 1.99. The maximum atomic E-state index is 8.63. The van der Waals surface area contributed by atoms with Crippen molar-refractivity contribution < 1.29 is 22.1 Å². The number of nitrogens with zero attached hydrogens (tertiary/aromatic N) is 2. The van der Waals surface area contributed by atoms with Crippen LogP contribution in [0, 0.1) is 0 Å². The number of hydrogen-bond donors (Lipinski definition) is 1. The number of aromatic nitrogens is 2. The Morgan fingerprint density at radius 3 is 2.38 bits per heavy atom. The van der Waals surface area contributed by atoms with Crippen LogP contribution < -0.4 is 4.57 Å². The van der Waals surface area contributed by atoms with Crippen LogP contribution in [-0.4, -0.2) is 22.1 Å². The maximum absolute atomic E-state index is 8.63. The highest BCUT2D eigenvalue weighted by Crippen LogP contribution is 1.88. The molecule has 7 heteroatoms. The van der Waals surface area contributed by atoms with Gasteiger partial charge in [-0.05, 0) is 12.8 Å². The zero-order chi connectivity index (χ0) is 12.6. The van der Waals surface area contributed by atoms with Crippen LogP contribution in [0.2, 0.25) is 0 Å². The number of aryl methyl sites for hydroxylation is 2. The van der Waals surface area contributed by atoms with Gasteiger partial charge in [-0.3, -0.25) is 4.55 Å². The third kappa shape index (κ3) is 9.63. The van der Waals surface area contributed by atoms with Gasteiger partial charge in [0.2, 0.25) is 16.7 Å². The first-order valence-corrected chi connectivity index (χ1v) is 6.46. The quantitative estimate of drug-likeness (QED) is 0.481. The van der Waals surface area contributed by atoms with Crippen molar-refractivity contribution >= 4 is 10.4 Å². The van der Waals surface area contributed by atoms with Crippen molar-refractivity contribution in [1.82, 2.24) is 4.57 Å². The minimum Gasteiger partial charge on any atom is -0.726 e. The molecule has 0 unspecified atom stereocenters. The molecule has 0 aliphatic carbocycles. The van der Waals surface area contributed by atoms with E-state index in [0.29, 0.717) is 0 Å². The summed E-state index contributed by atoms with van der Waals surface area (Å²) in [6.45, 7) is 6.67. The second kappa shape index (κ2) is 7.37. The fourth-order valence-corrected chi connectivity index (χ4v) is 1.22. The Morgan fingerprint density at radius 2 is 1.94 bits per heavy atom. The van der Waals surface area contributed by atoms with Gasteiger partial charge in [-0.1, -0.05) is 13.8 Å². The SMILES string of the molecule is CCCn1cc[n+](CCC)c1.O=S(=O)([O-])O. The van der Waals surface area contributed by atoms with E-state index in [2.05, 4.69) is 41.7 Å². The van der Waals surface area contributed by atoms with E-state index >= 15 is 0 Å². The first-order chi connectivity index (χ1) is 7.36. The molecule has 94 valence electrons. The van der Waals surface area contributed by atoms with Crippen molar-refractivity contribution in [2.24, 2.45) is 0 Å². The molecule has 0 fully saturated rings. The van der Waals surface area contributed by atoms with E-state index in [1.165, 1.54) is 12.8 Å². The first-order valence-electron chi connectivity index (χ1n) is 5.10. The lowest BCUT2D eigenvalue weighted by Crippen LogP contribution is -2.30. The van der Waals surface area contributed by atoms with Crippen molar-refractivity contribution in [3.8, 4) is 0 Å². The fraction of sp³-hybridized carbons (Fsp3) is 0.667. The molecular formula is C9H18N2O4S. The van der Waals surface area contributed by atoms with Crippen LogP contribution in [-0.2, 0) is 23.5 Å². The second-order valence-corrected chi connectivity index (χ2v) is 4.17. The summed E-state index contributed by atoms with van der Waals surface area (Å²) in [6.07, 6.45) is 8.87. The Morgan fingerprint density at radius 1 is 1.38 bits per heavy atom. The molecule has 1 rings (SSSR count). The summed E-state index contributed by atoms with van der Waals surface area (Å²) in [5, 5.41) is 0. The maximum Gasteiger partial charge on any atom is 0.243 e. The van der Waals surface area contributed by atoms with E-state index in [-0.39, 0.29) is 0 Å². The van der Waals surface area contributed by atoms with Gasteiger partial charge in [0.1, 0.15) is 12.4 Å². The van der Waals surface area contributed by atoms with Crippen molar-refractivity contribution in [1.29, 1.82) is 0 Å². The van der Waals surface area contributed by atoms with E-state index < -0.39 is 10.4 Å². The highest BCUT2D eigenvalue weighted by molar-refractivity contribution is 7.79. The van der Waals surface area contributed by atoms with E-state index in [4.69, 9.17) is 17.5 Å². The Hall–Kier alpha value is -0.920. The molecule has 1 aromatic heterocycles. The zero-order valence-electron chi connectivity index (χ0n) is 9.54. The fourth-order valence-electron chi connectivity index (χ4n) is 1.22. The molecule has 1 heterocycles. The summed E-state index contributed by atoms with van der Waals surface area (Å²) in [5.74, 6) is 0. The molecule has 0 aliphatic rings. The monoisotopic (exact) mass is 250 g/mol. The Labute approximate surface area is 96.1 Å². The lowest BCUT2D eigenvalue weighted by atomic mass is 10.5. The largest absolute Gasteiger partial charge is 0.726 e. The van der Waals surface area contributed by atoms with E-state index in [0.717, 1.165) is 13.1 Å². The van der Waals surface area contributed by atoms with Crippen molar-refractivity contribution in [2.45, 2.75) is 39.8 Å². The van der Waals surface area contributed by atoms with Gasteiger partial charge in [-0.2, -0.15) is 0 Å². The number of rotatable bonds is 4. The van der Waals surface area contributed by atoms with Crippen LogP contribution in [0.15, 0.2) is 18.7 Å².